The first-order valence-corrected chi connectivity index (χ1v) is 11.4. The molecule has 30 heavy (non-hydrogen) atoms. The van der Waals surface area contributed by atoms with Crippen LogP contribution in [0.5, 0.6) is 0 Å². The molecule has 0 aromatic heterocycles. The summed E-state index contributed by atoms with van der Waals surface area (Å²) >= 11 is 5.88. The molecule has 1 fully saturated rings. The van der Waals surface area contributed by atoms with Gasteiger partial charge in [0.15, 0.2) is 0 Å². The summed E-state index contributed by atoms with van der Waals surface area (Å²) in [5.74, 6) is -0.740. The number of nitrogens with zero attached hydrogens (tertiary/aromatic N) is 2. The third-order valence-corrected chi connectivity index (χ3v) is 7.11. The van der Waals surface area contributed by atoms with E-state index in [0.717, 1.165) is 4.31 Å². The van der Waals surface area contributed by atoms with Crippen LogP contribution in [0.4, 0.5) is 5.69 Å². The second kappa shape index (κ2) is 9.16. The maximum absolute atomic E-state index is 12.8. The Hall–Kier alpha value is -2.42. The van der Waals surface area contributed by atoms with E-state index in [2.05, 4.69) is 5.32 Å². The highest BCUT2D eigenvalue weighted by Gasteiger charge is 2.29. The second-order valence-corrected chi connectivity index (χ2v) is 9.99. The van der Waals surface area contributed by atoms with Crippen LogP contribution in [0.15, 0.2) is 53.4 Å². The van der Waals surface area contributed by atoms with Crippen molar-refractivity contribution in [2.75, 3.05) is 32.5 Å². The Bertz CT molecular complexity index is 1040. The molecule has 7 nitrogen and oxygen atoms in total. The van der Waals surface area contributed by atoms with Gasteiger partial charge >= 0.3 is 0 Å². The predicted molar refractivity (Wildman–Crippen MR) is 116 cm³/mol. The van der Waals surface area contributed by atoms with Gasteiger partial charge in [-0.2, -0.15) is 0 Å². The van der Waals surface area contributed by atoms with Gasteiger partial charge in [0.1, 0.15) is 0 Å². The van der Waals surface area contributed by atoms with Crippen molar-refractivity contribution < 1.29 is 18.0 Å². The first-order valence-electron chi connectivity index (χ1n) is 9.57. The highest BCUT2D eigenvalue weighted by atomic mass is 35.5. The van der Waals surface area contributed by atoms with Gasteiger partial charge < -0.3 is 10.2 Å². The molecule has 2 aromatic rings. The molecule has 2 aromatic carbocycles. The highest BCUT2D eigenvalue weighted by Crippen LogP contribution is 2.23. The van der Waals surface area contributed by atoms with Crippen molar-refractivity contribution in [1.82, 2.24) is 9.21 Å². The zero-order valence-corrected chi connectivity index (χ0v) is 18.4. The molecule has 0 unspecified atom stereocenters. The summed E-state index contributed by atoms with van der Waals surface area (Å²) in [7, 11) is -0.688. The lowest BCUT2D eigenvalue weighted by Gasteiger charge is -2.32. The normalized spacial score (nSPS) is 17.1. The van der Waals surface area contributed by atoms with Crippen molar-refractivity contribution in [3.05, 3.63) is 59.1 Å². The number of rotatable bonds is 5. The molecule has 0 radical (unpaired) electrons. The summed E-state index contributed by atoms with van der Waals surface area (Å²) in [5.41, 5.74) is 0.936. The Morgan fingerprint density at radius 1 is 1.13 bits per heavy atom. The lowest BCUT2D eigenvalue weighted by Crippen LogP contribution is -2.43. The van der Waals surface area contributed by atoms with Crippen LogP contribution >= 0.6 is 11.6 Å². The Morgan fingerprint density at radius 3 is 2.50 bits per heavy atom. The average Bonchev–Trinajstić information content (AvgIpc) is 2.74. The molecule has 160 valence electrons. The van der Waals surface area contributed by atoms with Crippen LogP contribution in [0.1, 0.15) is 23.2 Å². The van der Waals surface area contributed by atoms with E-state index >= 15 is 0 Å². The summed E-state index contributed by atoms with van der Waals surface area (Å²) in [4.78, 5) is 27.3. The molecule has 0 bridgehead atoms. The molecule has 1 N–H and O–H groups in total. The summed E-state index contributed by atoms with van der Waals surface area (Å²) in [6, 6.07) is 12.8. The first-order chi connectivity index (χ1) is 14.2. The molecule has 2 amide bonds. The first kappa shape index (κ1) is 22.3. The van der Waals surface area contributed by atoms with Gasteiger partial charge in [-0.3, -0.25) is 9.59 Å². The Kier molecular flexibility index (Phi) is 6.80. The summed E-state index contributed by atoms with van der Waals surface area (Å²) < 4.78 is 25.7. The minimum Gasteiger partial charge on any atom is -0.338 e. The third-order valence-electron chi connectivity index (χ3n) is 5.05. The van der Waals surface area contributed by atoms with E-state index in [1.54, 1.807) is 41.3 Å². The fourth-order valence-corrected chi connectivity index (χ4v) is 4.41. The van der Waals surface area contributed by atoms with Crippen molar-refractivity contribution in [3.63, 3.8) is 0 Å². The number of halogens is 1. The predicted octanol–water partition coefficient (Wildman–Crippen LogP) is 3.08. The number of nitrogens with one attached hydrogen (secondary N) is 1. The number of carbonyl (C=O) groups excluding carboxylic acids is 2. The quantitative estimate of drug-likeness (QED) is 0.759. The number of sulfonamides is 1. The maximum atomic E-state index is 12.8. The summed E-state index contributed by atoms with van der Waals surface area (Å²) in [5, 5.41) is 3.35. The zero-order chi connectivity index (χ0) is 21.9. The molecule has 3 rings (SSSR count). The van der Waals surface area contributed by atoms with Crippen molar-refractivity contribution in [2.24, 2.45) is 5.92 Å². The number of amides is 2. The van der Waals surface area contributed by atoms with Crippen molar-refractivity contribution in [1.29, 1.82) is 0 Å². The number of hydrogen-bond donors (Lipinski definition) is 1. The van der Waals surface area contributed by atoms with Crippen LogP contribution in [0.3, 0.4) is 0 Å². The highest BCUT2D eigenvalue weighted by molar-refractivity contribution is 7.89. The number of piperidine rings is 1. The largest absolute Gasteiger partial charge is 0.338 e. The Balaban J connectivity index is 1.69. The molecule has 0 saturated carbocycles. The molecule has 1 aliphatic heterocycles. The minimum absolute atomic E-state index is 0.105. The van der Waals surface area contributed by atoms with Crippen LogP contribution < -0.4 is 5.32 Å². The van der Waals surface area contributed by atoms with Gasteiger partial charge in [-0.15, -0.1) is 0 Å². The molecular weight excluding hydrogens is 426 g/mol. The van der Waals surface area contributed by atoms with E-state index in [4.69, 9.17) is 11.6 Å². The number of hydrogen-bond acceptors (Lipinski definition) is 4. The standard InChI is InChI=1S/C21H24ClN3O4S/c1-24(2)30(28,29)19-7-3-6-18(13-19)23-20(26)16-5-4-12-25(14-16)21(27)15-8-10-17(22)11-9-15/h3,6-11,13,16H,4-5,12,14H2,1-2H3,(H,23,26)/t16-/m1/s1. The van der Waals surface area contributed by atoms with E-state index in [0.29, 0.717) is 42.2 Å². The molecule has 0 spiro atoms. The second-order valence-electron chi connectivity index (χ2n) is 7.40. The number of likely N-dealkylation sites (tertiary alicyclic amines) is 1. The summed E-state index contributed by atoms with van der Waals surface area (Å²) in [6.07, 6.45) is 1.37. The molecule has 0 aliphatic carbocycles. The van der Waals surface area contributed by atoms with E-state index in [1.165, 1.54) is 26.2 Å². The molecule has 1 atom stereocenters. The number of benzene rings is 2. The molecular formula is C21H24ClN3O4S. The van der Waals surface area contributed by atoms with Crippen molar-refractivity contribution in [3.8, 4) is 0 Å². The third kappa shape index (κ3) is 5.00. The Morgan fingerprint density at radius 2 is 1.83 bits per heavy atom. The van der Waals surface area contributed by atoms with Gasteiger partial charge in [-0.1, -0.05) is 17.7 Å². The van der Waals surface area contributed by atoms with Crippen LogP contribution in [-0.4, -0.2) is 56.6 Å². The van der Waals surface area contributed by atoms with Gasteiger partial charge in [0, 0.05) is 43.5 Å². The fourth-order valence-electron chi connectivity index (χ4n) is 3.34. The van der Waals surface area contributed by atoms with Gasteiger partial charge in [0.05, 0.1) is 10.8 Å². The zero-order valence-electron chi connectivity index (χ0n) is 16.8. The smallest absolute Gasteiger partial charge is 0.253 e. The molecule has 1 heterocycles. The Labute approximate surface area is 181 Å². The molecule has 1 aliphatic rings. The van der Waals surface area contributed by atoms with Crippen LogP contribution in [-0.2, 0) is 14.8 Å². The number of carbonyl (C=O) groups is 2. The van der Waals surface area contributed by atoms with E-state index < -0.39 is 10.0 Å². The van der Waals surface area contributed by atoms with Crippen LogP contribution in [0.25, 0.3) is 0 Å². The van der Waals surface area contributed by atoms with E-state index in [1.807, 2.05) is 0 Å². The van der Waals surface area contributed by atoms with Gasteiger partial charge in [0.2, 0.25) is 15.9 Å². The lowest BCUT2D eigenvalue weighted by molar-refractivity contribution is -0.121. The summed E-state index contributed by atoms with van der Waals surface area (Å²) in [6.45, 7) is 0.894. The average molecular weight is 450 g/mol. The van der Waals surface area contributed by atoms with Crippen LogP contribution in [0, 0.1) is 5.92 Å². The van der Waals surface area contributed by atoms with E-state index in [-0.39, 0.29) is 22.6 Å². The fraction of sp³-hybridized carbons (Fsp3) is 0.333. The van der Waals surface area contributed by atoms with Gasteiger partial charge in [-0.25, -0.2) is 12.7 Å². The molecule has 9 heteroatoms. The maximum Gasteiger partial charge on any atom is 0.253 e. The SMILES string of the molecule is CN(C)S(=O)(=O)c1cccc(NC(=O)[C@@H]2CCCN(C(=O)c3ccc(Cl)cc3)C2)c1. The minimum atomic E-state index is -3.59. The van der Waals surface area contributed by atoms with Gasteiger partial charge in [0.25, 0.3) is 5.91 Å². The molecule has 1 saturated heterocycles. The monoisotopic (exact) mass is 449 g/mol. The van der Waals surface area contributed by atoms with Crippen molar-refractivity contribution >= 4 is 39.1 Å². The topological polar surface area (TPSA) is 86.8 Å². The lowest BCUT2D eigenvalue weighted by atomic mass is 9.96. The van der Waals surface area contributed by atoms with Gasteiger partial charge in [-0.05, 0) is 55.3 Å². The number of anilines is 1. The van der Waals surface area contributed by atoms with E-state index in [9.17, 15) is 18.0 Å². The van der Waals surface area contributed by atoms with Crippen molar-refractivity contribution in [2.45, 2.75) is 17.7 Å². The van der Waals surface area contributed by atoms with Crippen LogP contribution in [0.2, 0.25) is 5.02 Å².